The molecule has 8 heteroatoms. The van der Waals surface area contributed by atoms with Crippen LogP contribution >= 0.6 is 11.3 Å². The molecule has 1 aromatic rings. The molecule has 0 saturated carbocycles. The van der Waals surface area contributed by atoms with Crippen molar-refractivity contribution in [3.63, 3.8) is 0 Å². The molecular weight excluding hydrogens is 259 g/mol. The zero-order valence-corrected chi connectivity index (χ0v) is 9.94. The second-order valence-electron chi connectivity index (χ2n) is 3.12. The van der Waals surface area contributed by atoms with Gasteiger partial charge in [-0.1, -0.05) is 0 Å². The third kappa shape index (κ3) is 4.31. The Morgan fingerprint density at radius 2 is 2.12 bits per heavy atom. The number of hydrogen-bond acceptors (Lipinski definition) is 5. The van der Waals surface area contributed by atoms with Crippen LogP contribution in [-0.4, -0.2) is 30.8 Å². The molecule has 0 N–H and O–H groups in total. The SMILES string of the molecule is COC(=O)c1sc(COCC(F)(F)F)nc1C. The van der Waals surface area contributed by atoms with E-state index in [2.05, 4.69) is 14.5 Å². The number of aromatic nitrogens is 1. The van der Waals surface area contributed by atoms with Crippen LogP contribution in [0.2, 0.25) is 0 Å². The van der Waals surface area contributed by atoms with E-state index in [1.54, 1.807) is 6.92 Å². The largest absolute Gasteiger partial charge is 0.465 e. The Morgan fingerprint density at radius 1 is 1.47 bits per heavy atom. The number of aryl methyl sites for hydroxylation is 1. The van der Waals surface area contributed by atoms with Crippen LogP contribution in [0, 0.1) is 6.92 Å². The van der Waals surface area contributed by atoms with E-state index in [0.717, 1.165) is 11.3 Å². The average molecular weight is 269 g/mol. The quantitative estimate of drug-likeness (QED) is 0.787. The number of thiazole rings is 1. The number of carbonyl (C=O) groups is 1. The minimum atomic E-state index is -4.36. The summed E-state index contributed by atoms with van der Waals surface area (Å²) in [6, 6.07) is 0. The second kappa shape index (κ2) is 5.46. The predicted octanol–water partition coefficient (Wildman–Crippen LogP) is 2.32. The maximum absolute atomic E-state index is 11.8. The number of carbonyl (C=O) groups excluding carboxylic acids is 1. The molecule has 17 heavy (non-hydrogen) atoms. The second-order valence-corrected chi connectivity index (χ2v) is 4.21. The molecule has 0 aliphatic heterocycles. The monoisotopic (exact) mass is 269 g/mol. The van der Waals surface area contributed by atoms with Crippen molar-refractivity contribution in [2.24, 2.45) is 0 Å². The summed E-state index contributed by atoms with van der Waals surface area (Å²) in [7, 11) is 1.22. The van der Waals surface area contributed by atoms with Crippen LogP contribution < -0.4 is 0 Å². The highest BCUT2D eigenvalue weighted by Crippen LogP contribution is 2.21. The van der Waals surface area contributed by atoms with Gasteiger partial charge < -0.3 is 9.47 Å². The minimum Gasteiger partial charge on any atom is -0.465 e. The number of esters is 1. The number of nitrogens with zero attached hydrogens (tertiary/aromatic N) is 1. The van der Waals surface area contributed by atoms with Crippen molar-refractivity contribution >= 4 is 17.3 Å². The molecule has 0 spiro atoms. The van der Waals surface area contributed by atoms with Crippen LogP contribution in [0.15, 0.2) is 0 Å². The summed E-state index contributed by atoms with van der Waals surface area (Å²) in [5.41, 5.74) is 0.424. The Kier molecular flexibility index (Phi) is 4.47. The Balaban J connectivity index is 2.59. The van der Waals surface area contributed by atoms with Crippen molar-refractivity contribution in [2.45, 2.75) is 19.7 Å². The van der Waals surface area contributed by atoms with E-state index in [-0.39, 0.29) is 11.5 Å². The fourth-order valence-electron chi connectivity index (χ4n) is 1.05. The van der Waals surface area contributed by atoms with Gasteiger partial charge in [0.25, 0.3) is 0 Å². The molecule has 0 amide bonds. The lowest BCUT2D eigenvalue weighted by atomic mass is 10.4. The molecule has 0 atom stereocenters. The zero-order valence-electron chi connectivity index (χ0n) is 9.13. The lowest BCUT2D eigenvalue weighted by molar-refractivity contribution is -0.176. The molecule has 0 aliphatic rings. The normalized spacial score (nSPS) is 11.6. The van der Waals surface area contributed by atoms with E-state index in [1.165, 1.54) is 7.11 Å². The first-order valence-electron chi connectivity index (χ1n) is 4.52. The molecule has 0 bridgehead atoms. The number of methoxy groups -OCH3 is 1. The number of ether oxygens (including phenoxy) is 2. The molecule has 4 nitrogen and oxygen atoms in total. The van der Waals surface area contributed by atoms with Crippen molar-refractivity contribution in [3.05, 3.63) is 15.6 Å². The van der Waals surface area contributed by atoms with Gasteiger partial charge in [-0.05, 0) is 6.92 Å². The zero-order chi connectivity index (χ0) is 13.1. The smallest absolute Gasteiger partial charge is 0.411 e. The molecule has 0 radical (unpaired) electrons. The Bertz CT molecular complexity index is 403. The van der Waals surface area contributed by atoms with Crippen LogP contribution in [-0.2, 0) is 16.1 Å². The maximum atomic E-state index is 11.8. The van der Waals surface area contributed by atoms with Crippen molar-refractivity contribution in [2.75, 3.05) is 13.7 Å². The van der Waals surface area contributed by atoms with E-state index in [1.807, 2.05) is 0 Å². The van der Waals surface area contributed by atoms with Crippen LogP contribution in [0.3, 0.4) is 0 Å². The fraction of sp³-hybridized carbons (Fsp3) is 0.556. The summed E-state index contributed by atoms with van der Waals surface area (Å²) in [4.78, 5) is 15.4. The van der Waals surface area contributed by atoms with E-state index >= 15 is 0 Å². The number of rotatable bonds is 4. The van der Waals surface area contributed by atoms with Crippen molar-refractivity contribution in [3.8, 4) is 0 Å². The average Bonchev–Trinajstić information content (AvgIpc) is 2.57. The van der Waals surface area contributed by atoms with Crippen molar-refractivity contribution in [1.82, 2.24) is 4.98 Å². The third-order valence-electron chi connectivity index (χ3n) is 1.70. The highest BCUT2D eigenvalue weighted by molar-refractivity contribution is 7.13. The molecule has 0 saturated heterocycles. The number of alkyl halides is 3. The summed E-state index contributed by atoms with van der Waals surface area (Å²) in [6.07, 6.45) is -4.36. The predicted molar refractivity (Wildman–Crippen MR) is 53.9 cm³/mol. The topological polar surface area (TPSA) is 48.4 Å². The van der Waals surface area contributed by atoms with Gasteiger partial charge in [0.2, 0.25) is 0 Å². The van der Waals surface area contributed by atoms with Crippen molar-refractivity contribution < 1.29 is 27.4 Å². The van der Waals surface area contributed by atoms with E-state index < -0.39 is 18.8 Å². The molecule has 0 fully saturated rings. The van der Waals surface area contributed by atoms with E-state index in [4.69, 9.17) is 0 Å². The first-order chi connectivity index (χ1) is 7.83. The summed E-state index contributed by atoms with van der Waals surface area (Å²) in [5, 5.41) is 0.312. The van der Waals surface area contributed by atoms with Crippen LogP contribution in [0.4, 0.5) is 13.2 Å². The molecule has 0 unspecified atom stereocenters. The van der Waals surface area contributed by atoms with Crippen LogP contribution in [0.5, 0.6) is 0 Å². The van der Waals surface area contributed by atoms with Gasteiger partial charge in [-0.2, -0.15) is 13.2 Å². The van der Waals surface area contributed by atoms with Crippen molar-refractivity contribution in [1.29, 1.82) is 0 Å². The Hall–Kier alpha value is -1.15. The molecule has 96 valence electrons. The summed E-state index contributed by atoms with van der Waals surface area (Å²) in [5.74, 6) is -0.554. The van der Waals surface area contributed by atoms with Gasteiger partial charge in [0, 0.05) is 0 Å². The van der Waals surface area contributed by atoms with E-state index in [9.17, 15) is 18.0 Å². The molecule has 1 aromatic heterocycles. The minimum absolute atomic E-state index is 0.276. The molecule has 1 heterocycles. The van der Waals surface area contributed by atoms with Crippen LogP contribution in [0.1, 0.15) is 20.4 Å². The standard InChI is InChI=1S/C9H10F3NO3S/c1-5-7(8(14)15-2)17-6(13-5)3-16-4-9(10,11)12/h3-4H2,1-2H3. The summed E-state index contributed by atoms with van der Waals surface area (Å²) >= 11 is 0.965. The van der Waals surface area contributed by atoms with Gasteiger partial charge in [-0.3, -0.25) is 0 Å². The third-order valence-corrected chi connectivity index (χ3v) is 2.81. The van der Waals surface area contributed by atoms with Gasteiger partial charge in [-0.15, -0.1) is 11.3 Å². The lowest BCUT2D eigenvalue weighted by Crippen LogP contribution is -2.16. The van der Waals surface area contributed by atoms with Crippen LogP contribution in [0.25, 0.3) is 0 Å². The summed E-state index contributed by atoms with van der Waals surface area (Å²) in [6.45, 7) is -0.0305. The number of halogens is 3. The summed E-state index contributed by atoms with van der Waals surface area (Å²) < 4.78 is 44.4. The molecule has 1 rings (SSSR count). The Labute approximate surface area is 99.4 Å². The lowest BCUT2D eigenvalue weighted by Gasteiger charge is -2.05. The highest BCUT2D eigenvalue weighted by Gasteiger charge is 2.27. The van der Waals surface area contributed by atoms with Gasteiger partial charge in [0.1, 0.15) is 16.5 Å². The Morgan fingerprint density at radius 3 is 2.65 bits per heavy atom. The first-order valence-corrected chi connectivity index (χ1v) is 5.34. The molecule has 0 aliphatic carbocycles. The van der Waals surface area contributed by atoms with Gasteiger partial charge in [0.15, 0.2) is 0 Å². The van der Waals surface area contributed by atoms with E-state index in [0.29, 0.717) is 10.7 Å². The number of hydrogen-bond donors (Lipinski definition) is 0. The van der Waals surface area contributed by atoms with Gasteiger partial charge in [-0.25, -0.2) is 9.78 Å². The molecule has 0 aromatic carbocycles. The maximum Gasteiger partial charge on any atom is 0.411 e. The highest BCUT2D eigenvalue weighted by atomic mass is 32.1. The van der Waals surface area contributed by atoms with Gasteiger partial charge >= 0.3 is 12.1 Å². The van der Waals surface area contributed by atoms with Gasteiger partial charge in [0.05, 0.1) is 19.4 Å². The fourth-order valence-corrected chi connectivity index (χ4v) is 1.97. The molecular formula is C9H10F3NO3S. The first kappa shape index (κ1) is 13.9.